The maximum atomic E-state index is 12.5. The number of ether oxygens (including phenoxy) is 2. The average molecular weight is 407 g/mol. The van der Waals surface area contributed by atoms with Crippen molar-refractivity contribution < 1.29 is 19.1 Å². The highest BCUT2D eigenvalue weighted by Gasteiger charge is 2.27. The Balaban J connectivity index is 1.70. The van der Waals surface area contributed by atoms with Crippen LogP contribution in [0.3, 0.4) is 0 Å². The summed E-state index contributed by atoms with van der Waals surface area (Å²) in [6, 6.07) is 11.3. The molecule has 1 heterocycles. The number of hydrogen-bond acceptors (Lipinski definition) is 5. The Morgan fingerprint density at radius 3 is 2.63 bits per heavy atom. The monoisotopic (exact) mass is 407 g/mol. The first kappa shape index (κ1) is 21.2. The molecule has 1 saturated carbocycles. The standard InChI is InChI=1S/C23H25N3O4/c1-14-11-17(15(2)26(14)19-9-10-19)12-18(13-24)23(28)30-16(3)22(27)25-20-7-5-6-8-21(20)29-4/h5-8,11-12,16,19H,9-10H2,1-4H3,(H,25,27)/b18-12+/t16-/m0/s1. The van der Waals surface area contributed by atoms with E-state index in [9.17, 15) is 14.9 Å². The zero-order chi connectivity index (χ0) is 21.8. The van der Waals surface area contributed by atoms with Gasteiger partial charge in [0.15, 0.2) is 6.10 Å². The molecular formula is C23H25N3O4. The SMILES string of the molecule is COc1ccccc1NC(=O)[C@H](C)OC(=O)/C(C#N)=C/c1cc(C)n(C2CC2)c1C. The zero-order valence-electron chi connectivity index (χ0n) is 17.6. The molecule has 7 heteroatoms. The van der Waals surface area contributed by atoms with Crippen molar-refractivity contribution in [2.24, 2.45) is 0 Å². The lowest BCUT2D eigenvalue weighted by Crippen LogP contribution is -2.30. The van der Waals surface area contributed by atoms with Crippen molar-refractivity contribution in [1.29, 1.82) is 5.26 Å². The van der Waals surface area contributed by atoms with Crippen molar-refractivity contribution in [3.63, 3.8) is 0 Å². The maximum Gasteiger partial charge on any atom is 0.349 e. The van der Waals surface area contributed by atoms with Crippen LogP contribution in [0.25, 0.3) is 6.08 Å². The minimum absolute atomic E-state index is 0.150. The van der Waals surface area contributed by atoms with E-state index in [1.54, 1.807) is 24.3 Å². The fourth-order valence-corrected chi connectivity index (χ4v) is 3.40. The molecule has 1 aromatic carbocycles. The molecule has 1 aromatic heterocycles. The second kappa shape index (κ2) is 8.87. The molecule has 2 aromatic rings. The number of benzene rings is 1. The molecule has 0 aliphatic heterocycles. The van der Waals surface area contributed by atoms with E-state index in [0.29, 0.717) is 17.5 Å². The van der Waals surface area contributed by atoms with E-state index in [4.69, 9.17) is 9.47 Å². The topological polar surface area (TPSA) is 93.3 Å². The van der Waals surface area contributed by atoms with Crippen LogP contribution < -0.4 is 10.1 Å². The minimum Gasteiger partial charge on any atom is -0.495 e. The molecule has 1 atom stereocenters. The molecule has 1 aliphatic carbocycles. The molecule has 0 unspecified atom stereocenters. The summed E-state index contributed by atoms with van der Waals surface area (Å²) in [7, 11) is 1.50. The normalized spacial score (nSPS) is 14.6. The number of hydrogen-bond donors (Lipinski definition) is 1. The number of aromatic nitrogens is 1. The lowest BCUT2D eigenvalue weighted by molar-refractivity contribution is -0.148. The summed E-state index contributed by atoms with van der Waals surface area (Å²) in [6.45, 7) is 5.44. The van der Waals surface area contributed by atoms with Crippen molar-refractivity contribution in [3.8, 4) is 11.8 Å². The van der Waals surface area contributed by atoms with Crippen LogP contribution in [0.4, 0.5) is 5.69 Å². The van der Waals surface area contributed by atoms with E-state index in [1.165, 1.54) is 20.1 Å². The van der Waals surface area contributed by atoms with Crippen LogP contribution in [0.1, 0.15) is 42.8 Å². The summed E-state index contributed by atoms with van der Waals surface area (Å²) in [6.07, 6.45) is 2.73. The van der Waals surface area contributed by atoms with Gasteiger partial charge in [-0.1, -0.05) is 12.1 Å². The Hall–Kier alpha value is -3.53. The number of para-hydroxylation sites is 2. The van der Waals surface area contributed by atoms with Gasteiger partial charge in [-0.05, 0) is 63.5 Å². The van der Waals surface area contributed by atoms with Gasteiger partial charge >= 0.3 is 5.97 Å². The lowest BCUT2D eigenvalue weighted by Gasteiger charge is -2.15. The van der Waals surface area contributed by atoms with Gasteiger partial charge in [0.05, 0.1) is 12.8 Å². The number of carbonyl (C=O) groups excluding carboxylic acids is 2. The first-order chi connectivity index (χ1) is 14.3. The van der Waals surface area contributed by atoms with Crippen LogP contribution >= 0.6 is 0 Å². The van der Waals surface area contributed by atoms with Crippen molar-refractivity contribution in [2.45, 2.75) is 45.8 Å². The van der Waals surface area contributed by atoms with E-state index >= 15 is 0 Å². The van der Waals surface area contributed by atoms with Crippen molar-refractivity contribution in [3.05, 3.63) is 52.9 Å². The second-order valence-electron chi connectivity index (χ2n) is 7.33. The molecule has 7 nitrogen and oxygen atoms in total. The molecule has 156 valence electrons. The highest BCUT2D eigenvalue weighted by atomic mass is 16.5. The molecule has 0 radical (unpaired) electrons. The average Bonchev–Trinajstić information content (AvgIpc) is 3.51. The number of carbonyl (C=O) groups is 2. The van der Waals surface area contributed by atoms with Crippen LogP contribution in [0.15, 0.2) is 35.9 Å². The first-order valence-electron chi connectivity index (χ1n) is 9.80. The molecule has 30 heavy (non-hydrogen) atoms. The van der Waals surface area contributed by atoms with Crippen LogP contribution in [0.2, 0.25) is 0 Å². The van der Waals surface area contributed by atoms with Gasteiger partial charge in [-0.2, -0.15) is 5.26 Å². The number of nitriles is 1. The van der Waals surface area contributed by atoms with Crippen molar-refractivity contribution >= 4 is 23.6 Å². The van der Waals surface area contributed by atoms with E-state index in [-0.39, 0.29) is 5.57 Å². The van der Waals surface area contributed by atoms with Crippen LogP contribution in [-0.2, 0) is 14.3 Å². The molecular weight excluding hydrogens is 382 g/mol. The van der Waals surface area contributed by atoms with Gasteiger partial charge < -0.3 is 19.4 Å². The van der Waals surface area contributed by atoms with Crippen molar-refractivity contribution in [2.75, 3.05) is 12.4 Å². The lowest BCUT2D eigenvalue weighted by atomic mass is 10.1. The second-order valence-corrected chi connectivity index (χ2v) is 7.33. The van der Waals surface area contributed by atoms with E-state index in [2.05, 4.69) is 9.88 Å². The summed E-state index contributed by atoms with van der Waals surface area (Å²) >= 11 is 0. The van der Waals surface area contributed by atoms with Crippen LogP contribution in [0, 0.1) is 25.2 Å². The summed E-state index contributed by atoms with van der Waals surface area (Å²) < 4.78 is 12.7. The number of nitrogens with one attached hydrogen (secondary N) is 1. The molecule has 0 saturated heterocycles. The van der Waals surface area contributed by atoms with Gasteiger partial charge in [0.25, 0.3) is 5.91 Å². The molecule has 1 aliphatic rings. The Bertz CT molecular complexity index is 1040. The zero-order valence-corrected chi connectivity index (χ0v) is 17.6. The highest BCUT2D eigenvalue weighted by molar-refractivity contribution is 6.01. The van der Waals surface area contributed by atoms with Gasteiger partial charge in [-0.3, -0.25) is 4.79 Å². The largest absolute Gasteiger partial charge is 0.495 e. The molecule has 1 N–H and O–H groups in total. The fourth-order valence-electron chi connectivity index (χ4n) is 3.40. The van der Waals surface area contributed by atoms with E-state index in [0.717, 1.165) is 29.8 Å². The molecule has 0 spiro atoms. The number of anilines is 1. The van der Waals surface area contributed by atoms with E-state index in [1.807, 2.05) is 26.0 Å². The predicted molar refractivity (Wildman–Crippen MR) is 113 cm³/mol. The molecule has 0 bridgehead atoms. The Kier molecular flexibility index (Phi) is 6.26. The number of rotatable bonds is 7. The Morgan fingerprint density at radius 1 is 1.30 bits per heavy atom. The quantitative estimate of drug-likeness (QED) is 0.426. The Morgan fingerprint density at radius 2 is 2.00 bits per heavy atom. The Labute approximate surface area is 175 Å². The third kappa shape index (κ3) is 4.54. The fraction of sp³-hybridized carbons (Fsp3) is 0.348. The van der Waals surface area contributed by atoms with Crippen LogP contribution in [-0.4, -0.2) is 29.7 Å². The molecule has 1 amide bonds. The smallest absolute Gasteiger partial charge is 0.349 e. The van der Waals surface area contributed by atoms with Gasteiger partial charge in [0, 0.05) is 17.4 Å². The minimum atomic E-state index is -1.09. The summed E-state index contributed by atoms with van der Waals surface area (Å²) in [5.74, 6) is -0.860. The van der Waals surface area contributed by atoms with Crippen LogP contribution in [0.5, 0.6) is 5.75 Å². The maximum absolute atomic E-state index is 12.5. The van der Waals surface area contributed by atoms with Gasteiger partial charge in [0.2, 0.25) is 0 Å². The first-order valence-corrected chi connectivity index (χ1v) is 9.80. The number of aryl methyl sites for hydroxylation is 1. The molecule has 3 rings (SSSR count). The number of esters is 1. The summed E-state index contributed by atoms with van der Waals surface area (Å²) in [5, 5.41) is 12.1. The number of methoxy groups -OCH3 is 1. The number of nitrogens with zero attached hydrogens (tertiary/aromatic N) is 2. The van der Waals surface area contributed by atoms with Gasteiger partial charge in [-0.25, -0.2) is 4.79 Å². The van der Waals surface area contributed by atoms with Gasteiger partial charge in [-0.15, -0.1) is 0 Å². The predicted octanol–water partition coefficient (Wildman–Crippen LogP) is 3.93. The summed E-state index contributed by atoms with van der Waals surface area (Å²) in [4.78, 5) is 24.9. The summed E-state index contributed by atoms with van der Waals surface area (Å²) in [5.41, 5.74) is 3.23. The highest BCUT2D eigenvalue weighted by Crippen LogP contribution is 2.38. The number of amides is 1. The third-order valence-corrected chi connectivity index (χ3v) is 5.09. The van der Waals surface area contributed by atoms with Gasteiger partial charge in [0.1, 0.15) is 17.4 Å². The molecule has 1 fully saturated rings. The van der Waals surface area contributed by atoms with Crippen molar-refractivity contribution in [1.82, 2.24) is 4.57 Å². The van der Waals surface area contributed by atoms with E-state index < -0.39 is 18.0 Å². The third-order valence-electron chi connectivity index (χ3n) is 5.09.